The van der Waals surface area contributed by atoms with Gasteiger partial charge in [-0.05, 0) is 213 Å². The lowest BCUT2D eigenvalue weighted by molar-refractivity contribution is -0.146. The van der Waals surface area contributed by atoms with Gasteiger partial charge in [0.15, 0.2) is 0 Å². The number of aromatic nitrogens is 9. The number of hydrogen-bond donors (Lipinski definition) is 9. The number of carbonyl (C=O) groups is 12. The van der Waals surface area contributed by atoms with Crippen molar-refractivity contribution in [3.8, 4) is 5.75 Å². The third kappa shape index (κ3) is 22.5. The molecule has 131 heavy (non-hydrogen) atoms. The molecule has 0 bridgehead atoms. The highest BCUT2D eigenvalue weighted by Gasteiger charge is 2.64. The van der Waals surface area contributed by atoms with E-state index in [-0.39, 0.29) is 69.5 Å². The van der Waals surface area contributed by atoms with Crippen molar-refractivity contribution in [3.05, 3.63) is 114 Å². The molecule has 0 radical (unpaired) electrons. The summed E-state index contributed by atoms with van der Waals surface area (Å²) in [4.78, 5) is 168. The van der Waals surface area contributed by atoms with Gasteiger partial charge in [-0.25, -0.2) is 28.8 Å². The zero-order chi connectivity index (χ0) is 94.6. The summed E-state index contributed by atoms with van der Waals surface area (Å²) in [6.45, 7) is 25.9. The highest BCUT2D eigenvalue weighted by atomic mass is 16.6. The third-order valence-electron chi connectivity index (χ3n) is 25.9. The molecule has 15 rings (SSSR count). The third-order valence-corrected chi connectivity index (χ3v) is 25.9. The van der Waals surface area contributed by atoms with E-state index in [1.165, 1.54) is 19.5 Å². The molecule has 3 aromatic heterocycles. The van der Waals surface area contributed by atoms with Crippen molar-refractivity contribution in [3.63, 3.8) is 0 Å². The summed E-state index contributed by atoms with van der Waals surface area (Å²) in [5.41, 5.74) is 1.79. The average Bonchev–Trinajstić information content (AvgIpc) is 1.59. The molecule has 706 valence electrons. The van der Waals surface area contributed by atoms with E-state index in [0.717, 1.165) is 91.1 Å². The molecule has 0 spiro atoms. The van der Waals surface area contributed by atoms with Crippen molar-refractivity contribution in [2.75, 3.05) is 26.7 Å². The molecule has 6 fully saturated rings. The molecule has 37 nitrogen and oxygen atoms in total. The van der Waals surface area contributed by atoms with E-state index in [1.807, 2.05) is 87.6 Å². The van der Waals surface area contributed by atoms with Crippen molar-refractivity contribution in [1.29, 1.82) is 0 Å². The number of aryl methyl sites for hydroxylation is 2. The molecule has 9 aliphatic rings. The van der Waals surface area contributed by atoms with Gasteiger partial charge in [0, 0.05) is 62.7 Å². The molecule has 9 heterocycles. The second-order valence-corrected chi connectivity index (χ2v) is 39.2. The number of amides is 9. The molecule has 3 saturated carbocycles. The minimum Gasteiger partial charge on any atom is -0.497 e. The Labute approximate surface area is 760 Å². The fourth-order valence-corrected chi connectivity index (χ4v) is 18.5. The molecule has 3 saturated heterocycles. The fraction of sp³-hybridized carbons (Fsp3) is 0.596. The summed E-state index contributed by atoms with van der Waals surface area (Å²) in [6.07, 6.45) is 23.8. The van der Waals surface area contributed by atoms with E-state index in [2.05, 4.69) is 58.9 Å². The van der Waals surface area contributed by atoms with Crippen molar-refractivity contribution < 1.29 is 91.8 Å². The second kappa shape index (κ2) is 39.4. The number of nitrogens with zero attached hydrogens (tertiary/aromatic N) is 12. The van der Waals surface area contributed by atoms with Crippen LogP contribution in [0.2, 0.25) is 0 Å². The van der Waals surface area contributed by atoms with E-state index >= 15 is 0 Å². The zero-order valence-electron chi connectivity index (χ0n) is 77.1. The number of alkyl carbamates (subject to hydrolysis) is 3. The Bertz CT molecular complexity index is 5460. The number of methoxy groups -OCH3 is 1. The maximum absolute atomic E-state index is 14.3. The Hall–Kier alpha value is -12.3. The lowest BCUT2D eigenvalue weighted by Gasteiger charge is -2.30. The standard InChI is InChI=1S/C34H46N6O6.C30H40N6O7.C30H40N6O6/c1-7-13-22-16-26-28(21(3)20(22)2)38-40(37-26)24-17-27-29(41)36-34(31(43)44)18-23(34)14-11-9-8-10-12-15-25(30(42)39(27)19-24)35-32(45)46-33(4,5)6;1-29(2,3)43-28(41)31-22-11-9-7-5-6-8-10-18-16-30(18,27(39)40)32-25(37)24-14-19(17-35(24)26(22)38)36-33-21-13-12-20(42-4)15-23(21)34-36;1-18-11-10-14-21-24(18)34-36(33-21)20-15-23-25(37)32-30(27(39)40)16-19(30)12-8-6-5-7-9-13-22(26(38)35(23)17-20)31-28(41)42-29(2,3)4/h7,11,14,16,23-25,27H,1,8-10,12-13,15,17-19H2,2-6H3,(H,35,45)(H,36,41)(H,43,44);8,10,12-13,15,18-19,22,24H,5-7,9,11,14,16-17H2,1-4H3,(H,31,41)(H,32,37)(H,39,40);8,10-12,14,19-20,22-23H,5-7,9,13,15-17H2,1-4H3,(H,31,41)(H,32,37)(H,39,40)/b14-11-;10-8-;12-8-/t23-,24+,25-,27+,34+;18-,19+,22-,24+,30+;19-,20+,22-,23+,30+/m111/s1. The van der Waals surface area contributed by atoms with E-state index in [4.69, 9.17) is 29.1 Å². The zero-order valence-corrected chi connectivity index (χ0v) is 77.1. The topological polar surface area (TPSA) is 476 Å². The summed E-state index contributed by atoms with van der Waals surface area (Å²) in [7, 11) is 1.56. The van der Waals surface area contributed by atoms with Crippen molar-refractivity contribution in [1.82, 2.24) is 91.6 Å². The maximum Gasteiger partial charge on any atom is 0.408 e. The highest BCUT2D eigenvalue weighted by molar-refractivity contribution is 5.99. The Kier molecular flexibility index (Phi) is 28.9. The number of aliphatic carboxylic acids is 3. The molecule has 15 atom stereocenters. The van der Waals surface area contributed by atoms with Crippen LogP contribution in [0.5, 0.6) is 5.75 Å². The number of nitrogens with one attached hydrogen (secondary N) is 6. The van der Waals surface area contributed by atoms with Crippen LogP contribution >= 0.6 is 0 Å². The molecule has 9 N–H and O–H groups in total. The fourth-order valence-electron chi connectivity index (χ4n) is 18.5. The second-order valence-electron chi connectivity index (χ2n) is 39.2. The van der Waals surface area contributed by atoms with Crippen LogP contribution in [0.4, 0.5) is 14.4 Å². The number of carbonyl (C=O) groups excluding carboxylic acids is 9. The molecule has 6 aliphatic heterocycles. The number of rotatable bonds is 12. The molecule has 9 amide bonds. The van der Waals surface area contributed by atoms with Crippen molar-refractivity contribution >= 4 is 105 Å². The summed E-state index contributed by atoms with van der Waals surface area (Å²) in [5, 5.41) is 74.9. The largest absolute Gasteiger partial charge is 0.497 e. The van der Waals surface area contributed by atoms with Crippen LogP contribution in [0, 0.1) is 38.5 Å². The Morgan fingerprint density at radius 3 is 1.20 bits per heavy atom. The summed E-state index contributed by atoms with van der Waals surface area (Å²) >= 11 is 0. The quantitative estimate of drug-likeness (QED) is 0.0406. The van der Waals surface area contributed by atoms with Crippen LogP contribution in [-0.4, -0.2) is 243 Å². The van der Waals surface area contributed by atoms with Gasteiger partial charge in [0.2, 0.25) is 35.4 Å². The summed E-state index contributed by atoms with van der Waals surface area (Å²) in [6, 6.07) is 5.94. The lowest BCUT2D eigenvalue weighted by atomic mass is 9.99. The maximum atomic E-state index is 14.3. The SMILES string of the molecule is C=CCc1cc2nn([C@H]3C[C@H]4C(=O)N[C@@]5(C(=O)O)C[C@H]5/C=C\CCCCC[C@@H](NC(=O)OC(C)(C)C)C(=O)N4C3)nc2c(C)c1C.COc1ccc2nn([C@H]3C[C@H]4C(=O)N[C@@]5(C(=O)O)C[C@H]5/C=C\CCCCC[C@@H](NC(=O)OC(C)(C)C)C(=O)N4C3)nc2c1.Cc1cccc2nn([C@H]3C[C@H]4C(=O)N[C@@]5(C(=O)O)C[C@H]5/C=C\CCCCC[C@@H](NC(=O)OC(C)(C)C)C(=O)N4C3)nc12. The number of fused-ring (bicyclic) bond motifs is 9. The number of hydrogen-bond acceptors (Lipinski definition) is 22. The first-order chi connectivity index (χ1) is 62.0. The Balaban J connectivity index is 0.000000167. The van der Waals surface area contributed by atoms with Gasteiger partial charge in [0.05, 0.1) is 25.2 Å². The number of benzene rings is 3. The molecule has 0 unspecified atom stereocenters. The monoisotopic (exact) mass is 1810 g/mol. The van der Waals surface area contributed by atoms with E-state index in [0.29, 0.717) is 79.2 Å². The van der Waals surface area contributed by atoms with Crippen molar-refractivity contribution in [2.24, 2.45) is 17.8 Å². The number of carboxylic acid groups (broad SMARTS) is 3. The number of ether oxygens (including phenoxy) is 4. The van der Waals surface area contributed by atoms with Crippen LogP contribution in [-0.2, 0) is 63.8 Å². The van der Waals surface area contributed by atoms with E-state index < -0.39 is 159 Å². The first kappa shape index (κ1) is 96.2. The first-order valence-corrected chi connectivity index (χ1v) is 45.8. The molecular weight excluding hydrogens is 1690 g/mol. The van der Waals surface area contributed by atoms with Gasteiger partial charge in [0.25, 0.3) is 0 Å². The lowest BCUT2D eigenvalue weighted by Crippen LogP contribution is -2.56. The van der Waals surface area contributed by atoms with Crippen LogP contribution < -0.4 is 36.6 Å². The average molecular weight is 1810 g/mol. The minimum absolute atomic E-state index is 0.102. The molecule has 37 heteroatoms. The van der Waals surface area contributed by atoms with Gasteiger partial charge >= 0.3 is 36.2 Å². The van der Waals surface area contributed by atoms with Gasteiger partial charge in [-0.3, -0.25) is 28.8 Å². The molecule has 3 aliphatic carbocycles. The normalized spacial score (nSPS) is 28.8. The molecule has 3 aromatic carbocycles. The van der Waals surface area contributed by atoms with Gasteiger partial charge in [-0.2, -0.15) is 45.0 Å². The van der Waals surface area contributed by atoms with Crippen LogP contribution in [0.15, 0.2) is 91.6 Å². The Morgan fingerprint density at radius 1 is 0.466 bits per heavy atom. The van der Waals surface area contributed by atoms with Crippen LogP contribution in [0.1, 0.15) is 238 Å². The smallest absolute Gasteiger partial charge is 0.408 e. The molecule has 6 aromatic rings. The first-order valence-electron chi connectivity index (χ1n) is 45.8. The summed E-state index contributed by atoms with van der Waals surface area (Å²) < 4.78 is 21.7. The predicted octanol–water partition coefficient (Wildman–Crippen LogP) is 10.5. The number of allylic oxidation sites excluding steroid dienone is 4. The number of carboxylic acids is 3. The van der Waals surface area contributed by atoms with Gasteiger partial charge < -0.3 is 80.9 Å². The van der Waals surface area contributed by atoms with Crippen molar-refractivity contribution in [2.45, 2.75) is 312 Å². The van der Waals surface area contributed by atoms with Gasteiger partial charge in [-0.15, -0.1) is 6.58 Å². The Morgan fingerprint density at radius 2 is 0.832 bits per heavy atom. The van der Waals surface area contributed by atoms with E-state index in [9.17, 15) is 72.9 Å². The summed E-state index contributed by atoms with van der Waals surface area (Å²) in [5.74, 6) is -6.55. The van der Waals surface area contributed by atoms with Crippen LogP contribution in [0.25, 0.3) is 33.1 Å². The highest BCUT2D eigenvalue weighted by Crippen LogP contribution is 2.49. The van der Waals surface area contributed by atoms with Gasteiger partial charge in [0.1, 0.15) is 109 Å². The van der Waals surface area contributed by atoms with Gasteiger partial charge in [-0.1, -0.05) is 93.2 Å². The predicted molar refractivity (Wildman–Crippen MR) is 481 cm³/mol. The van der Waals surface area contributed by atoms with E-state index in [1.54, 1.807) is 97.2 Å². The van der Waals surface area contributed by atoms with Crippen LogP contribution in [0.3, 0.4) is 0 Å². The minimum atomic E-state index is -1.41. The molecular formula is C94H126N18O19.